The van der Waals surface area contributed by atoms with Crippen LogP contribution in [0.3, 0.4) is 0 Å². The van der Waals surface area contributed by atoms with Crippen molar-refractivity contribution in [3.05, 3.63) is 54.2 Å². The average Bonchev–Trinajstić information content (AvgIpc) is 3.01. The number of hydrogen-bond donors (Lipinski definition) is 2. The van der Waals surface area contributed by atoms with Gasteiger partial charge in [0, 0.05) is 27.9 Å². The van der Waals surface area contributed by atoms with Crippen LogP contribution >= 0.6 is 11.3 Å². The van der Waals surface area contributed by atoms with E-state index in [-0.39, 0.29) is 0 Å². The highest BCUT2D eigenvalue weighted by molar-refractivity contribution is 8.01. The molecule has 122 valence electrons. The van der Waals surface area contributed by atoms with Crippen molar-refractivity contribution in [1.82, 2.24) is 9.97 Å². The monoisotopic (exact) mass is 355 g/mol. The van der Waals surface area contributed by atoms with Crippen molar-refractivity contribution in [3.8, 4) is 0 Å². The summed E-state index contributed by atoms with van der Waals surface area (Å²) in [5.41, 5.74) is 5.64. The van der Waals surface area contributed by atoms with Crippen molar-refractivity contribution in [3.63, 3.8) is 0 Å². The summed E-state index contributed by atoms with van der Waals surface area (Å²) in [4.78, 5) is 9.63. The number of anilines is 2. The van der Waals surface area contributed by atoms with Gasteiger partial charge in [-0.3, -0.25) is 9.19 Å². The van der Waals surface area contributed by atoms with Crippen LogP contribution in [0.5, 0.6) is 0 Å². The molecular weight excluding hydrogens is 338 g/mol. The number of hydrogen-bond acceptors (Lipinski definition) is 5. The van der Waals surface area contributed by atoms with E-state index in [1.807, 2.05) is 41.9 Å². The molecule has 0 radical (unpaired) electrons. The molecule has 4 aromatic rings. The maximum atomic E-state index is 12.4. The van der Waals surface area contributed by atoms with Crippen LogP contribution in [0, 0.1) is 0 Å². The zero-order valence-electron chi connectivity index (χ0n) is 13.4. The highest BCUT2D eigenvalue weighted by Crippen LogP contribution is 2.30. The minimum atomic E-state index is -2.31. The third-order valence-corrected chi connectivity index (χ3v) is 6.29. The van der Waals surface area contributed by atoms with Crippen LogP contribution in [0.2, 0.25) is 0 Å². The first kappa shape index (κ1) is 15.2. The first-order valence-electron chi connectivity index (χ1n) is 7.55. The standard InChI is InChI=1S/C18H17N3OS2/c1-24(2,22)13-4-5-15-14(10-13)16(7-8-19-15)21-12-3-6-18-17(9-12)20-11-23-18/h3-11,24H,1-2H3,(H,19,21). The Balaban J connectivity index is 1.81. The fourth-order valence-electron chi connectivity index (χ4n) is 2.67. The molecule has 0 saturated heterocycles. The Morgan fingerprint density at radius 2 is 1.88 bits per heavy atom. The number of aromatic nitrogens is 2. The summed E-state index contributed by atoms with van der Waals surface area (Å²) in [7, 11) is -2.31. The van der Waals surface area contributed by atoms with Crippen LogP contribution in [-0.2, 0) is 9.93 Å². The largest absolute Gasteiger partial charge is 0.355 e. The van der Waals surface area contributed by atoms with E-state index in [9.17, 15) is 4.21 Å². The Bertz CT molecular complexity index is 1100. The molecule has 0 amide bonds. The van der Waals surface area contributed by atoms with Gasteiger partial charge in [0.1, 0.15) is 0 Å². The second-order valence-corrected chi connectivity index (χ2v) is 10.2. The average molecular weight is 355 g/mol. The number of nitrogens with one attached hydrogen (secondary N) is 1. The first-order chi connectivity index (χ1) is 11.5. The minimum Gasteiger partial charge on any atom is -0.355 e. The van der Waals surface area contributed by atoms with Crippen molar-refractivity contribution >= 4 is 53.8 Å². The van der Waals surface area contributed by atoms with E-state index in [0.717, 1.165) is 32.7 Å². The number of benzene rings is 2. The van der Waals surface area contributed by atoms with Gasteiger partial charge in [0.25, 0.3) is 0 Å². The van der Waals surface area contributed by atoms with E-state index in [2.05, 4.69) is 21.4 Å². The molecule has 0 unspecified atom stereocenters. The third-order valence-electron chi connectivity index (χ3n) is 3.96. The fourth-order valence-corrected chi connectivity index (χ4v) is 4.20. The predicted octanol–water partition coefficient (Wildman–Crippen LogP) is 4.22. The van der Waals surface area contributed by atoms with Gasteiger partial charge in [0.05, 0.1) is 21.2 Å². The summed E-state index contributed by atoms with van der Waals surface area (Å²) in [5.74, 6) is 0. The van der Waals surface area contributed by atoms with Gasteiger partial charge in [-0.1, -0.05) is 9.93 Å². The van der Waals surface area contributed by atoms with E-state index in [0.29, 0.717) is 0 Å². The number of thiol groups is 1. The van der Waals surface area contributed by atoms with Crippen molar-refractivity contribution < 1.29 is 4.21 Å². The van der Waals surface area contributed by atoms with Crippen molar-refractivity contribution in [2.45, 2.75) is 4.90 Å². The molecule has 0 aliphatic heterocycles. The predicted molar refractivity (Wildman–Crippen MR) is 104 cm³/mol. The van der Waals surface area contributed by atoms with Gasteiger partial charge in [-0.05, 0) is 55.0 Å². The van der Waals surface area contributed by atoms with Gasteiger partial charge in [0.2, 0.25) is 0 Å². The minimum absolute atomic E-state index is 0.862. The van der Waals surface area contributed by atoms with Gasteiger partial charge >= 0.3 is 0 Å². The Kier molecular flexibility index (Phi) is 3.58. The van der Waals surface area contributed by atoms with Crippen LogP contribution in [-0.4, -0.2) is 26.7 Å². The van der Waals surface area contributed by atoms with Crippen molar-refractivity contribution in [2.24, 2.45) is 0 Å². The van der Waals surface area contributed by atoms with Gasteiger partial charge in [-0.2, -0.15) is 0 Å². The highest BCUT2D eigenvalue weighted by Gasteiger charge is 2.09. The first-order valence-corrected chi connectivity index (χ1v) is 11.0. The van der Waals surface area contributed by atoms with Gasteiger partial charge in [-0.25, -0.2) is 4.98 Å². The molecule has 0 spiro atoms. The molecule has 0 saturated carbocycles. The zero-order chi connectivity index (χ0) is 16.7. The summed E-state index contributed by atoms with van der Waals surface area (Å²) < 4.78 is 13.6. The third kappa shape index (κ3) is 2.79. The molecular formula is C18H17N3OS2. The van der Waals surface area contributed by atoms with Crippen molar-refractivity contribution in [2.75, 3.05) is 17.8 Å². The molecule has 0 fully saturated rings. The van der Waals surface area contributed by atoms with Gasteiger partial charge in [-0.15, -0.1) is 11.3 Å². The number of thiazole rings is 1. The SMILES string of the molecule is C[SH](C)(=O)c1ccc2nccc(Nc3ccc4scnc4c3)c2c1. The molecule has 0 aliphatic rings. The maximum Gasteiger partial charge on any atom is 0.0832 e. The van der Waals surface area contributed by atoms with Gasteiger partial charge < -0.3 is 5.32 Å². The number of fused-ring (bicyclic) bond motifs is 2. The zero-order valence-corrected chi connectivity index (χ0v) is 15.1. The summed E-state index contributed by atoms with van der Waals surface area (Å²) in [6.07, 6.45) is 5.35. The van der Waals surface area contributed by atoms with Crippen molar-refractivity contribution in [1.29, 1.82) is 0 Å². The van der Waals surface area contributed by atoms with Gasteiger partial charge in [0.15, 0.2) is 0 Å². The summed E-state index contributed by atoms with van der Waals surface area (Å²) in [6.45, 7) is 0. The number of nitrogens with zero attached hydrogens (tertiary/aromatic N) is 2. The normalized spacial score (nSPS) is 12.6. The molecule has 2 aromatic carbocycles. The summed E-state index contributed by atoms with van der Waals surface area (Å²) in [5, 5.41) is 4.41. The molecule has 2 aromatic heterocycles. The molecule has 2 heterocycles. The van der Waals surface area contributed by atoms with E-state index < -0.39 is 9.93 Å². The lowest BCUT2D eigenvalue weighted by molar-refractivity contribution is 0.678. The van der Waals surface area contributed by atoms with Crippen LogP contribution in [0.15, 0.2) is 59.1 Å². The Morgan fingerprint density at radius 3 is 2.71 bits per heavy atom. The smallest absolute Gasteiger partial charge is 0.0832 e. The number of pyridine rings is 1. The quantitative estimate of drug-likeness (QED) is 0.540. The second kappa shape index (κ2) is 5.65. The molecule has 6 heteroatoms. The topological polar surface area (TPSA) is 54.9 Å². The Hall–Kier alpha value is -2.31. The van der Waals surface area contributed by atoms with E-state index in [4.69, 9.17) is 0 Å². The lowest BCUT2D eigenvalue weighted by atomic mass is 10.2. The highest BCUT2D eigenvalue weighted by atomic mass is 32.2. The lowest BCUT2D eigenvalue weighted by Gasteiger charge is -2.15. The molecule has 4 nitrogen and oxygen atoms in total. The Morgan fingerprint density at radius 1 is 1.00 bits per heavy atom. The summed E-state index contributed by atoms with van der Waals surface area (Å²) in [6, 6.07) is 13.9. The maximum absolute atomic E-state index is 12.4. The van der Waals surface area contributed by atoms with Crippen LogP contribution in [0.4, 0.5) is 11.4 Å². The van der Waals surface area contributed by atoms with E-state index in [1.165, 1.54) is 4.70 Å². The van der Waals surface area contributed by atoms with Crippen LogP contribution in [0.1, 0.15) is 0 Å². The fraction of sp³-hybridized carbons (Fsp3) is 0.111. The van der Waals surface area contributed by atoms with E-state index >= 15 is 0 Å². The van der Waals surface area contributed by atoms with E-state index in [1.54, 1.807) is 30.0 Å². The molecule has 4 rings (SSSR count). The second-order valence-electron chi connectivity index (χ2n) is 6.07. The van der Waals surface area contributed by atoms with Crippen LogP contribution < -0.4 is 5.32 Å². The number of rotatable bonds is 3. The molecule has 24 heavy (non-hydrogen) atoms. The molecule has 0 aliphatic carbocycles. The Labute approximate surface area is 145 Å². The lowest BCUT2D eigenvalue weighted by Crippen LogP contribution is -2.06. The molecule has 0 bridgehead atoms. The molecule has 0 atom stereocenters. The molecule has 1 N–H and O–H groups in total. The summed E-state index contributed by atoms with van der Waals surface area (Å²) >= 11 is 1.63. The van der Waals surface area contributed by atoms with Crippen LogP contribution in [0.25, 0.3) is 21.1 Å².